The maximum atomic E-state index is 12.6. The molecule has 7 heteroatoms. The zero-order valence-corrected chi connectivity index (χ0v) is 11.4. The molecule has 0 bridgehead atoms. The van der Waals surface area contributed by atoms with Gasteiger partial charge in [-0.2, -0.15) is 13.2 Å². The van der Waals surface area contributed by atoms with Crippen LogP contribution in [-0.4, -0.2) is 13.7 Å². The van der Waals surface area contributed by atoms with Crippen molar-refractivity contribution in [3.63, 3.8) is 0 Å². The predicted octanol–water partition coefficient (Wildman–Crippen LogP) is 3.65. The van der Waals surface area contributed by atoms with Gasteiger partial charge < -0.3 is 0 Å². The van der Waals surface area contributed by atoms with Crippen molar-refractivity contribution in [1.82, 2.24) is 0 Å². The van der Waals surface area contributed by atoms with Gasteiger partial charge in [0, 0.05) is 4.47 Å². The lowest BCUT2D eigenvalue weighted by atomic mass is 10.2. The third kappa shape index (κ3) is 3.01. The molecule has 0 fully saturated rings. The van der Waals surface area contributed by atoms with Crippen molar-refractivity contribution in [2.24, 2.45) is 0 Å². The van der Waals surface area contributed by atoms with E-state index in [2.05, 4.69) is 15.9 Å². The van der Waals surface area contributed by atoms with E-state index in [1.54, 1.807) is 0 Å². The van der Waals surface area contributed by atoms with Crippen LogP contribution in [0.2, 0.25) is 0 Å². The normalized spacial score (nSPS) is 13.1. The monoisotopic (exact) mass is 330 g/mol. The Bertz CT molecular complexity index is 521. The minimum Gasteiger partial charge on any atom is -0.223 e. The predicted molar refractivity (Wildman–Crippen MR) is 61.5 cm³/mol. The molecule has 17 heavy (non-hydrogen) atoms. The van der Waals surface area contributed by atoms with Crippen molar-refractivity contribution in [3.05, 3.63) is 28.2 Å². The first kappa shape index (κ1) is 14.5. The quantitative estimate of drug-likeness (QED) is 0.829. The highest BCUT2D eigenvalue weighted by Crippen LogP contribution is 2.36. The molecule has 0 aromatic heterocycles. The molecule has 0 saturated heterocycles. The summed E-state index contributed by atoms with van der Waals surface area (Å²) in [4.78, 5) is -0.317. The molecule has 0 amide bonds. The van der Waals surface area contributed by atoms with Gasteiger partial charge in [0.15, 0.2) is 9.84 Å². The molecule has 0 aliphatic carbocycles. The standard InChI is InChI=1S/C10H10BrF3O2S/c1-6(2)17(15,16)7-3-4-9(11)8(5-7)10(12,13)14/h3-6H,1-2H3. The highest BCUT2D eigenvalue weighted by molar-refractivity contribution is 9.10. The minimum atomic E-state index is -4.58. The van der Waals surface area contributed by atoms with Crippen LogP contribution >= 0.6 is 15.9 Å². The highest BCUT2D eigenvalue weighted by Gasteiger charge is 2.34. The van der Waals surface area contributed by atoms with E-state index in [1.165, 1.54) is 13.8 Å². The topological polar surface area (TPSA) is 34.1 Å². The summed E-state index contributed by atoms with van der Waals surface area (Å²) in [7, 11) is -3.70. The van der Waals surface area contributed by atoms with Gasteiger partial charge >= 0.3 is 6.18 Å². The van der Waals surface area contributed by atoms with Crippen LogP contribution in [0.5, 0.6) is 0 Å². The average Bonchev–Trinajstić information content (AvgIpc) is 2.15. The number of rotatable bonds is 2. The number of hydrogen-bond donors (Lipinski definition) is 0. The van der Waals surface area contributed by atoms with Gasteiger partial charge in [-0.1, -0.05) is 15.9 Å². The summed E-state index contributed by atoms with van der Waals surface area (Å²) in [6.45, 7) is 2.84. The molecule has 1 aromatic carbocycles. The summed E-state index contributed by atoms with van der Waals surface area (Å²) in [6, 6.07) is 2.91. The van der Waals surface area contributed by atoms with Gasteiger partial charge in [0.25, 0.3) is 0 Å². The fourth-order valence-corrected chi connectivity index (χ4v) is 2.73. The average molecular weight is 331 g/mol. The molecule has 0 heterocycles. The molecule has 0 unspecified atom stereocenters. The molecule has 0 radical (unpaired) electrons. The van der Waals surface area contributed by atoms with Gasteiger partial charge in [0.2, 0.25) is 0 Å². The van der Waals surface area contributed by atoms with Gasteiger partial charge in [-0.15, -0.1) is 0 Å². The van der Waals surface area contributed by atoms with Crippen molar-refractivity contribution < 1.29 is 21.6 Å². The largest absolute Gasteiger partial charge is 0.417 e. The van der Waals surface area contributed by atoms with E-state index in [0.717, 1.165) is 12.1 Å². The zero-order valence-electron chi connectivity index (χ0n) is 9.05. The molecule has 1 aromatic rings. The molecule has 0 spiro atoms. The van der Waals surface area contributed by atoms with Crippen LogP contribution in [-0.2, 0) is 16.0 Å². The van der Waals surface area contributed by atoms with Crippen LogP contribution in [0.15, 0.2) is 27.6 Å². The van der Waals surface area contributed by atoms with E-state index in [0.29, 0.717) is 6.07 Å². The summed E-state index contributed by atoms with van der Waals surface area (Å²) < 4.78 is 61.1. The second-order valence-electron chi connectivity index (χ2n) is 3.73. The van der Waals surface area contributed by atoms with E-state index in [-0.39, 0.29) is 9.37 Å². The second-order valence-corrected chi connectivity index (χ2v) is 7.09. The van der Waals surface area contributed by atoms with Gasteiger partial charge in [0.05, 0.1) is 15.7 Å². The summed E-state index contributed by atoms with van der Waals surface area (Å²) >= 11 is 2.76. The number of sulfone groups is 1. The van der Waals surface area contributed by atoms with Crippen LogP contribution in [0.1, 0.15) is 19.4 Å². The molecule has 0 N–H and O–H groups in total. The number of halogens is 4. The molecule has 2 nitrogen and oxygen atoms in total. The minimum absolute atomic E-state index is 0.173. The van der Waals surface area contributed by atoms with Crippen molar-refractivity contribution in [1.29, 1.82) is 0 Å². The van der Waals surface area contributed by atoms with Crippen molar-refractivity contribution in [2.75, 3.05) is 0 Å². The summed E-state index contributed by atoms with van der Waals surface area (Å²) in [5, 5.41) is -0.759. The lowest BCUT2D eigenvalue weighted by molar-refractivity contribution is -0.138. The molecule has 0 saturated carbocycles. The highest BCUT2D eigenvalue weighted by atomic mass is 79.9. The number of benzene rings is 1. The Labute approximate surface area is 106 Å². The van der Waals surface area contributed by atoms with E-state index in [1.807, 2.05) is 0 Å². The number of hydrogen-bond acceptors (Lipinski definition) is 2. The fraction of sp³-hybridized carbons (Fsp3) is 0.400. The molecular weight excluding hydrogens is 321 g/mol. The summed E-state index contributed by atoms with van der Waals surface area (Å²) in [5.41, 5.74) is -0.987. The lowest BCUT2D eigenvalue weighted by Gasteiger charge is -2.13. The van der Waals surface area contributed by atoms with E-state index < -0.39 is 26.8 Å². The Morgan fingerprint density at radius 3 is 2.18 bits per heavy atom. The summed E-state index contributed by atoms with van der Waals surface area (Å²) in [6.07, 6.45) is -4.58. The first-order chi connectivity index (χ1) is 7.56. The van der Waals surface area contributed by atoms with Crippen LogP contribution in [0, 0.1) is 0 Å². The van der Waals surface area contributed by atoms with Crippen LogP contribution in [0.25, 0.3) is 0 Å². The Hall–Kier alpha value is -0.560. The molecule has 0 atom stereocenters. The van der Waals surface area contributed by atoms with Crippen LogP contribution in [0.4, 0.5) is 13.2 Å². The molecular formula is C10H10BrF3O2S. The fourth-order valence-electron chi connectivity index (χ4n) is 1.17. The first-order valence-electron chi connectivity index (χ1n) is 4.67. The van der Waals surface area contributed by atoms with Gasteiger partial charge in [-0.3, -0.25) is 0 Å². The third-order valence-electron chi connectivity index (χ3n) is 2.19. The van der Waals surface area contributed by atoms with Crippen LogP contribution in [0.3, 0.4) is 0 Å². The summed E-state index contributed by atoms with van der Waals surface area (Å²) in [5.74, 6) is 0. The Kier molecular flexibility index (Phi) is 3.93. The maximum Gasteiger partial charge on any atom is 0.417 e. The van der Waals surface area contributed by atoms with Gasteiger partial charge in [0.1, 0.15) is 0 Å². The van der Waals surface area contributed by atoms with E-state index >= 15 is 0 Å². The Balaban J connectivity index is 3.43. The van der Waals surface area contributed by atoms with Crippen molar-refractivity contribution >= 4 is 25.8 Å². The Morgan fingerprint density at radius 2 is 1.76 bits per heavy atom. The third-order valence-corrected chi connectivity index (χ3v) is 5.04. The Morgan fingerprint density at radius 1 is 1.24 bits per heavy atom. The lowest BCUT2D eigenvalue weighted by Crippen LogP contribution is -2.15. The van der Waals surface area contributed by atoms with E-state index in [9.17, 15) is 21.6 Å². The van der Waals surface area contributed by atoms with Gasteiger partial charge in [-0.05, 0) is 32.0 Å². The first-order valence-corrected chi connectivity index (χ1v) is 7.01. The number of alkyl halides is 3. The van der Waals surface area contributed by atoms with Crippen molar-refractivity contribution in [2.45, 2.75) is 30.2 Å². The molecule has 0 aliphatic heterocycles. The molecule has 96 valence electrons. The zero-order chi connectivity index (χ0) is 13.4. The maximum absolute atomic E-state index is 12.6. The van der Waals surface area contributed by atoms with E-state index in [4.69, 9.17) is 0 Å². The second kappa shape index (κ2) is 4.61. The molecule has 1 rings (SSSR count). The smallest absolute Gasteiger partial charge is 0.223 e. The van der Waals surface area contributed by atoms with Crippen molar-refractivity contribution in [3.8, 4) is 0 Å². The molecule has 0 aliphatic rings. The van der Waals surface area contributed by atoms with Gasteiger partial charge in [-0.25, -0.2) is 8.42 Å². The van der Waals surface area contributed by atoms with Crippen LogP contribution < -0.4 is 0 Å². The SMILES string of the molecule is CC(C)S(=O)(=O)c1ccc(Br)c(C(F)(F)F)c1.